The second-order valence-corrected chi connectivity index (χ2v) is 9.14. The Morgan fingerprint density at radius 1 is 1.22 bits per heavy atom. The van der Waals surface area contributed by atoms with E-state index in [4.69, 9.17) is 9.05 Å². The summed E-state index contributed by atoms with van der Waals surface area (Å²) in [6, 6.07) is -0.836. The summed E-state index contributed by atoms with van der Waals surface area (Å²) in [5.41, 5.74) is 0. The van der Waals surface area contributed by atoms with Crippen LogP contribution in [0.3, 0.4) is 0 Å². The lowest BCUT2D eigenvalue weighted by atomic mass is 10.1. The monoisotopic (exact) mass is 409 g/mol. The molecular weight excluding hydrogens is 371 g/mol. The molecule has 0 fully saturated rings. The van der Waals surface area contributed by atoms with Crippen molar-refractivity contribution in [1.29, 1.82) is 0 Å². The van der Waals surface area contributed by atoms with Crippen LogP contribution >= 0.6 is 7.82 Å². The van der Waals surface area contributed by atoms with Gasteiger partial charge < -0.3 is 19.8 Å². The number of carbonyl (C=O) groups is 1. The van der Waals surface area contributed by atoms with Crippen molar-refractivity contribution in [3.8, 4) is 0 Å². The number of aliphatic hydroxyl groups excluding tert-OH is 1. The SMILES string of the molecule is CCCCCC/C=C/C(O)C(COP(=O)(O)OCC[N+](C)(C)C)NC(C)=O. The summed E-state index contributed by atoms with van der Waals surface area (Å²) in [5.74, 6) is -0.363. The first-order valence-corrected chi connectivity index (χ1v) is 11.0. The van der Waals surface area contributed by atoms with E-state index in [0.717, 1.165) is 25.7 Å². The van der Waals surface area contributed by atoms with Crippen molar-refractivity contribution in [2.24, 2.45) is 0 Å². The predicted molar refractivity (Wildman–Crippen MR) is 106 cm³/mol. The molecule has 0 radical (unpaired) electrons. The van der Waals surface area contributed by atoms with E-state index in [1.807, 2.05) is 27.2 Å². The van der Waals surface area contributed by atoms with E-state index in [0.29, 0.717) is 11.0 Å². The molecule has 3 unspecified atom stereocenters. The first kappa shape index (κ1) is 26.2. The number of rotatable bonds is 15. The first-order chi connectivity index (χ1) is 12.5. The number of allylic oxidation sites excluding steroid dienone is 1. The summed E-state index contributed by atoms with van der Waals surface area (Å²) in [7, 11) is 1.55. The molecule has 3 atom stereocenters. The molecule has 0 spiro atoms. The summed E-state index contributed by atoms with van der Waals surface area (Å²) >= 11 is 0. The molecule has 0 aromatic heterocycles. The normalized spacial score (nSPS) is 16.9. The van der Waals surface area contributed by atoms with Crippen LogP contribution in [-0.2, 0) is 18.4 Å². The van der Waals surface area contributed by atoms with Crippen LogP contribution in [0.15, 0.2) is 12.2 Å². The van der Waals surface area contributed by atoms with Gasteiger partial charge >= 0.3 is 7.82 Å². The van der Waals surface area contributed by atoms with E-state index in [1.54, 1.807) is 6.08 Å². The van der Waals surface area contributed by atoms with Gasteiger partial charge in [-0.15, -0.1) is 0 Å². The molecule has 0 saturated heterocycles. The Bertz CT molecular complexity index is 493. The Labute approximate surface area is 163 Å². The van der Waals surface area contributed by atoms with Gasteiger partial charge in [0.05, 0.1) is 39.9 Å². The summed E-state index contributed by atoms with van der Waals surface area (Å²) in [6.45, 7) is 3.71. The first-order valence-electron chi connectivity index (χ1n) is 9.51. The Morgan fingerprint density at radius 3 is 2.44 bits per heavy atom. The van der Waals surface area contributed by atoms with Gasteiger partial charge in [0.2, 0.25) is 5.91 Å². The van der Waals surface area contributed by atoms with Crippen LogP contribution in [0.1, 0.15) is 46.0 Å². The highest BCUT2D eigenvalue weighted by Gasteiger charge is 2.27. The second-order valence-electron chi connectivity index (χ2n) is 7.69. The lowest BCUT2D eigenvalue weighted by Gasteiger charge is -2.25. The topological polar surface area (TPSA) is 105 Å². The van der Waals surface area contributed by atoms with Crippen molar-refractivity contribution in [2.45, 2.75) is 58.1 Å². The average Bonchev–Trinajstić information content (AvgIpc) is 2.52. The number of phosphoric acid groups is 1. The Balaban J connectivity index is 4.51. The minimum Gasteiger partial charge on any atom is -0.387 e. The molecule has 0 rings (SSSR count). The zero-order chi connectivity index (χ0) is 20.9. The van der Waals surface area contributed by atoms with Gasteiger partial charge in [-0.2, -0.15) is 0 Å². The van der Waals surface area contributed by atoms with Crippen LogP contribution < -0.4 is 5.32 Å². The smallest absolute Gasteiger partial charge is 0.387 e. The highest BCUT2D eigenvalue weighted by molar-refractivity contribution is 7.47. The van der Waals surface area contributed by atoms with Crippen LogP contribution in [-0.4, -0.2) is 73.4 Å². The van der Waals surface area contributed by atoms with E-state index in [2.05, 4.69) is 12.2 Å². The number of quaternary nitrogens is 1. The molecule has 27 heavy (non-hydrogen) atoms. The number of aliphatic hydroxyl groups is 1. The largest absolute Gasteiger partial charge is 0.472 e. The Hall–Kier alpha value is -0.760. The number of phosphoric ester groups is 1. The second kappa shape index (κ2) is 13.4. The van der Waals surface area contributed by atoms with Crippen molar-refractivity contribution >= 4 is 13.7 Å². The molecule has 0 aliphatic heterocycles. The van der Waals surface area contributed by atoms with Crippen molar-refractivity contribution in [3.05, 3.63) is 12.2 Å². The summed E-state index contributed by atoms with van der Waals surface area (Å²) in [5, 5.41) is 12.8. The number of likely N-dealkylation sites (N-methyl/N-ethyl adjacent to an activating group) is 1. The third kappa shape index (κ3) is 15.9. The molecule has 0 aromatic rings. The highest BCUT2D eigenvalue weighted by atomic mass is 31.2. The maximum atomic E-state index is 12.0. The van der Waals surface area contributed by atoms with E-state index in [1.165, 1.54) is 13.3 Å². The molecule has 160 valence electrons. The lowest BCUT2D eigenvalue weighted by molar-refractivity contribution is -0.870. The molecule has 0 aliphatic carbocycles. The van der Waals surface area contributed by atoms with E-state index in [9.17, 15) is 19.4 Å². The zero-order valence-corrected chi connectivity index (χ0v) is 18.3. The molecule has 0 heterocycles. The molecular formula is C18H38N2O6P+. The third-order valence-electron chi connectivity index (χ3n) is 3.79. The molecule has 8 nitrogen and oxygen atoms in total. The van der Waals surface area contributed by atoms with Crippen molar-refractivity contribution in [2.75, 3.05) is 40.9 Å². The number of amides is 1. The zero-order valence-electron chi connectivity index (χ0n) is 17.4. The van der Waals surface area contributed by atoms with Gasteiger partial charge in [0.25, 0.3) is 0 Å². The maximum absolute atomic E-state index is 12.0. The van der Waals surface area contributed by atoms with Crippen molar-refractivity contribution in [3.63, 3.8) is 0 Å². The number of hydrogen-bond donors (Lipinski definition) is 3. The number of carbonyl (C=O) groups excluding carboxylic acids is 1. The van der Waals surface area contributed by atoms with Gasteiger partial charge in [-0.3, -0.25) is 13.8 Å². The molecule has 0 bridgehead atoms. The van der Waals surface area contributed by atoms with Crippen molar-refractivity contribution in [1.82, 2.24) is 5.32 Å². The van der Waals surface area contributed by atoms with Crippen molar-refractivity contribution < 1.29 is 32.9 Å². The van der Waals surface area contributed by atoms with Gasteiger partial charge in [0.15, 0.2) is 0 Å². The fraction of sp³-hybridized carbons (Fsp3) is 0.833. The number of nitrogens with zero attached hydrogens (tertiary/aromatic N) is 1. The van der Waals surface area contributed by atoms with Crippen LogP contribution in [0.2, 0.25) is 0 Å². The van der Waals surface area contributed by atoms with Crippen LogP contribution in [0.25, 0.3) is 0 Å². The van der Waals surface area contributed by atoms with Gasteiger partial charge in [-0.05, 0) is 12.8 Å². The summed E-state index contributed by atoms with van der Waals surface area (Å²) < 4.78 is 22.4. The van der Waals surface area contributed by atoms with Crippen LogP contribution in [0, 0.1) is 0 Å². The quantitative estimate of drug-likeness (QED) is 0.166. The lowest BCUT2D eigenvalue weighted by Crippen LogP contribution is -2.44. The molecule has 1 amide bonds. The van der Waals surface area contributed by atoms with E-state index >= 15 is 0 Å². The van der Waals surface area contributed by atoms with E-state index < -0.39 is 20.0 Å². The summed E-state index contributed by atoms with van der Waals surface area (Å²) in [6.07, 6.45) is 7.74. The van der Waals surface area contributed by atoms with Crippen LogP contribution in [0.4, 0.5) is 0 Å². The molecule has 0 saturated carbocycles. The standard InChI is InChI=1S/C18H37N2O6P/c1-6-7-8-9-10-11-12-18(22)17(19-16(2)21)15-26-27(23,24)25-14-13-20(3,4)5/h11-12,17-18,22H,6-10,13-15H2,1-5H3,(H-,19,21,23,24)/p+1/b12-11+. The van der Waals surface area contributed by atoms with E-state index in [-0.39, 0.29) is 19.1 Å². The third-order valence-corrected chi connectivity index (χ3v) is 4.78. The Morgan fingerprint density at radius 2 is 1.89 bits per heavy atom. The summed E-state index contributed by atoms with van der Waals surface area (Å²) in [4.78, 5) is 21.1. The van der Waals surface area contributed by atoms with Gasteiger partial charge in [0, 0.05) is 6.92 Å². The fourth-order valence-electron chi connectivity index (χ4n) is 2.19. The fourth-order valence-corrected chi connectivity index (χ4v) is 2.92. The maximum Gasteiger partial charge on any atom is 0.472 e. The van der Waals surface area contributed by atoms with Gasteiger partial charge in [0.1, 0.15) is 13.2 Å². The minimum absolute atomic E-state index is 0.0578. The minimum atomic E-state index is -4.26. The molecule has 3 N–H and O–H groups in total. The average molecular weight is 409 g/mol. The molecule has 9 heteroatoms. The number of nitrogens with one attached hydrogen (secondary N) is 1. The number of unbranched alkanes of at least 4 members (excludes halogenated alkanes) is 4. The Kier molecular flexibility index (Phi) is 13.0. The van der Waals surface area contributed by atoms with Crippen LogP contribution in [0.5, 0.6) is 0 Å². The number of hydrogen-bond acceptors (Lipinski definition) is 5. The van der Waals surface area contributed by atoms with Gasteiger partial charge in [-0.1, -0.05) is 38.3 Å². The highest BCUT2D eigenvalue weighted by Crippen LogP contribution is 2.43. The predicted octanol–water partition coefficient (Wildman–Crippen LogP) is 2.22. The van der Waals surface area contributed by atoms with Gasteiger partial charge in [-0.25, -0.2) is 4.57 Å². The molecule has 0 aromatic carbocycles. The molecule has 0 aliphatic rings.